The minimum Gasteiger partial charge on any atom is -0.508 e. The smallest absolute Gasteiger partial charge is 0.242 e. The third-order valence-electron chi connectivity index (χ3n) is 11.9. The van der Waals surface area contributed by atoms with Crippen molar-refractivity contribution in [2.45, 2.75) is 109 Å². The zero-order valence-corrected chi connectivity index (χ0v) is 31.3. The molecule has 1 heterocycles. The molecule has 10 nitrogen and oxygen atoms in total. The van der Waals surface area contributed by atoms with Crippen LogP contribution in [0.25, 0.3) is 0 Å². The number of amidine groups is 1. The fraction of sp³-hybridized carbons (Fsp3) is 0.610. The Kier molecular flexibility index (Phi) is 12.5. The van der Waals surface area contributed by atoms with Crippen molar-refractivity contribution in [2.24, 2.45) is 28.5 Å². The van der Waals surface area contributed by atoms with Crippen LogP contribution in [0.1, 0.15) is 96.3 Å². The molecule has 51 heavy (non-hydrogen) atoms. The van der Waals surface area contributed by atoms with E-state index in [1.807, 2.05) is 50.2 Å². The van der Waals surface area contributed by atoms with Gasteiger partial charge in [-0.3, -0.25) is 24.3 Å². The largest absolute Gasteiger partial charge is 0.508 e. The summed E-state index contributed by atoms with van der Waals surface area (Å²) in [5.41, 5.74) is 8.84. The van der Waals surface area contributed by atoms with Crippen LogP contribution in [0.15, 0.2) is 53.5 Å². The summed E-state index contributed by atoms with van der Waals surface area (Å²) in [6, 6.07) is 15.4. The number of phenolic OH excluding ortho intramolecular Hbond substituents is 1. The lowest BCUT2D eigenvalue weighted by molar-refractivity contribution is -0.130. The molecule has 10 heteroatoms. The summed E-state index contributed by atoms with van der Waals surface area (Å²) in [6.07, 6.45) is 6.47. The number of aromatic hydroxyl groups is 1. The first kappa shape index (κ1) is 38.3. The molecule has 2 aromatic carbocycles. The molecule has 278 valence electrons. The quantitative estimate of drug-likeness (QED) is 0.0928. The number of likely N-dealkylation sites (tertiary alicyclic amines) is 1. The monoisotopic (exact) mass is 700 g/mol. The van der Waals surface area contributed by atoms with E-state index in [-0.39, 0.29) is 41.5 Å². The van der Waals surface area contributed by atoms with Crippen LogP contribution in [0.5, 0.6) is 5.75 Å². The highest BCUT2D eigenvalue weighted by Gasteiger charge is 2.62. The van der Waals surface area contributed by atoms with E-state index >= 15 is 0 Å². The van der Waals surface area contributed by atoms with Crippen molar-refractivity contribution >= 4 is 23.6 Å². The number of hydrogen-bond acceptors (Lipinski definition) is 6. The molecule has 1 saturated heterocycles. The Labute approximate surface area is 304 Å². The molecule has 0 unspecified atom stereocenters. The molecular formula is C41H60N6O4. The van der Waals surface area contributed by atoms with Crippen molar-refractivity contribution in [1.82, 2.24) is 20.9 Å². The van der Waals surface area contributed by atoms with Crippen LogP contribution in [0.2, 0.25) is 0 Å². The maximum atomic E-state index is 14.1. The number of unbranched alkanes of at least 4 members (excludes halogenated alkanes) is 1. The highest BCUT2D eigenvalue weighted by atomic mass is 16.3. The van der Waals surface area contributed by atoms with Crippen molar-refractivity contribution in [1.29, 1.82) is 0 Å². The number of fused-ring (bicyclic) bond motifs is 4. The number of carbonyl (C=O) groups is 3. The molecule has 0 radical (unpaired) electrons. The standard InChI is InChI=1S/C41H60N6O4/c1-6-7-18-43-36(42)14-11-19-44-38(50)34(21-27(2)3)46-37(49)25-45-39(51)41(30-12-9-8-10-13-30)24-31(41)26-47-20-17-40(5)28(4)35(47)22-29-15-16-32(48)23-33(29)40/h8-10,12-13,15-16,23,27-28,31,34-35,48H,6-7,11,14,17-22,24-26H2,1-5H3,(H2,42,43)(H,44,50)(H,45,51)(H,46,49)/t28-,31+,34-,35+,40+,41-/m0/s1. The molecule has 1 saturated carbocycles. The lowest BCUT2D eigenvalue weighted by Crippen LogP contribution is -2.58. The fourth-order valence-electron chi connectivity index (χ4n) is 8.58. The summed E-state index contributed by atoms with van der Waals surface area (Å²) in [6.45, 7) is 13.5. The van der Waals surface area contributed by atoms with Crippen molar-refractivity contribution in [2.75, 3.05) is 32.7 Å². The Bertz CT molecular complexity index is 1560. The molecule has 5 rings (SSSR count). The average molecular weight is 701 g/mol. The van der Waals surface area contributed by atoms with Gasteiger partial charge in [-0.15, -0.1) is 0 Å². The Balaban J connectivity index is 1.19. The topological polar surface area (TPSA) is 149 Å². The van der Waals surface area contributed by atoms with Crippen LogP contribution in [0.3, 0.4) is 0 Å². The number of nitrogens with zero attached hydrogens (tertiary/aromatic N) is 2. The Morgan fingerprint density at radius 1 is 1.10 bits per heavy atom. The molecule has 6 atom stereocenters. The van der Waals surface area contributed by atoms with Crippen molar-refractivity contribution in [3.05, 3.63) is 65.2 Å². The molecule has 2 aromatic rings. The Morgan fingerprint density at radius 3 is 2.59 bits per heavy atom. The third kappa shape index (κ3) is 8.76. The van der Waals surface area contributed by atoms with E-state index in [4.69, 9.17) is 5.73 Å². The first-order valence-corrected chi connectivity index (χ1v) is 19.1. The second kappa shape index (κ2) is 16.6. The number of rotatable bonds is 17. The van der Waals surface area contributed by atoms with Crippen LogP contribution in [0, 0.1) is 17.8 Å². The predicted octanol–water partition coefficient (Wildman–Crippen LogP) is 4.58. The molecule has 2 bridgehead atoms. The van der Waals surface area contributed by atoms with E-state index in [2.05, 4.69) is 52.7 Å². The van der Waals surface area contributed by atoms with Crippen LogP contribution in [-0.4, -0.2) is 78.4 Å². The van der Waals surface area contributed by atoms with Gasteiger partial charge < -0.3 is 26.8 Å². The Hall–Kier alpha value is -3.92. The van der Waals surface area contributed by atoms with Gasteiger partial charge in [0, 0.05) is 32.1 Å². The molecule has 3 amide bonds. The van der Waals surface area contributed by atoms with Gasteiger partial charge in [0.05, 0.1) is 17.8 Å². The van der Waals surface area contributed by atoms with Gasteiger partial charge in [-0.1, -0.05) is 77.4 Å². The molecular weight excluding hydrogens is 640 g/mol. The number of carbonyl (C=O) groups excluding carboxylic acids is 3. The molecule has 0 aromatic heterocycles. The van der Waals surface area contributed by atoms with Crippen molar-refractivity contribution in [3.8, 4) is 5.75 Å². The van der Waals surface area contributed by atoms with Crippen LogP contribution in [-0.2, 0) is 31.6 Å². The minimum atomic E-state index is -0.708. The lowest BCUT2D eigenvalue weighted by Gasteiger charge is -2.55. The first-order valence-electron chi connectivity index (χ1n) is 19.1. The zero-order valence-electron chi connectivity index (χ0n) is 31.3. The summed E-state index contributed by atoms with van der Waals surface area (Å²) in [4.78, 5) is 47.4. The minimum absolute atomic E-state index is 0.000656. The first-order chi connectivity index (χ1) is 24.4. The van der Waals surface area contributed by atoms with Crippen molar-refractivity contribution in [3.63, 3.8) is 0 Å². The van der Waals surface area contributed by atoms with E-state index in [1.165, 1.54) is 11.1 Å². The fourth-order valence-corrected chi connectivity index (χ4v) is 8.58. The number of piperidine rings is 1. The summed E-state index contributed by atoms with van der Waals surface area (Å²) in [5, 5.41) is 19.0. The number of amides is 3. The number of nitrogens with one attached hydrogen (secondary N) is 3. The number of benzene rings is 2. The van der Waals surface area contributed by atoms with E-state index in [9.17, 15) is 19.5 Å². The number of nitrogens with two attached hydrogens (primary N) is 1. The van der Waals surface area contributed by atoms with Crippen LogP contribution >= 0.6 is 0 Å². The Morgan fingerprint density at radius 2 is 1.86 bits per heavy atom. The van der Waals surface area contributed by atoms with Crippen molar-refractivity contribution < 1.29 is 19.5 Å². The van der Waals surface area contributed by atoms with Gasteiger partial charge in [0.25, 0.3) is 0 Å². The van der Waals surface area contributed by atoms with Gasteiger partial charge in [-0.25, -0.2) is 0 Å². The van der Waals surface area contributed by atoms with Crippen LogP contribution in [0.4, 0.5) is 0 Å². The van der Waals surface area contributed by atoms with E-state index in [0.29, 0.717) is 49.4 Å². The number of aliphatic imine (C=N–C) groups is 1. The van der Waals surface area contributed by atoms with E-state index in [1.54, 1.807) is 6.07 Å². The maximum absolute atomic E-state index is 14.1. The normalized spacial score (nSPS) is 26.2. The van der Waals surface area contributed by atoms with Crippen LogP contribution < -0.4 is 21.7 Å². The molecule has 2 fully saturated rings. The molecule has 3 aliphatic rings. The number of phenols is 1. The SMILES string of the molecule is CCCCN=C(N)CCCNC(=O)[C@H](CC(C)C)NC(=O)CNC(=O)[C@]1(c2ccccc2)C[C@@H]1CN1CC[C@@]2(C)c3cc(O)ccc3C[C@@H]1[C@@H]2C. The van der Waals surface area contributed by atoms with Gasteiger partial charge in [0.1, 0.15) is 11.8 Å². The number of hydrogen-bond donors (Lipinski definition) is 5. The molecule has 6 N–H and O–H groups in total. The molecule has 1 aliphatic heterocycles. The summed E-state index contributed by atoms with van der Waals surface area (Å²) in [7, 11) is 0. The van der Waals surface area contributed by atoms with Gasteiger partial charge in [0.15, 0.2) is 0 Å². The molecule has 0 spiro atoms. The predicted molar refractivity (Wildman–Crippen MR) is 203 cm³/mol. The highest BCUT2D eigenvalue weighted by molar-refractivity contribution is 5.95. The molecule has 2 aliphatic carbocycles. The van der Waals surface area contributed by atoms with Gasteiger partial charge in [0.2, 0.25) is 17.7 Å². The van der Waals surface area contributed by atoms with E-state index < -0.39 is 11.5 Å². The summed E-state index contributed by atoms with van der Waals surface area (Å²) >= 11 is 0. The summed E-state index contributed by atoms with van der Waals surface area (Å²) < 4.78 is 0. The highest BCUT2D eigenvalue weighted by Crippen LogP contribution is 2.56. The second-order valence-electron chi connectivity index (χ2n) is 15.9. The van der Waals surface area contributed by atoms with Gasteiger partial charge in [-0.2, -0.15) is 0 Å². The third-order valence-corrected chi connectivity index (χ3v) is 11.9. The average Bonchev–Trinajstić information content (AvgIpc) is 3.83. The van der Waals surface area contributed by atoms with Gasteiger partial charge >= 0.3 is 0 Å². The second-order valence-corrected chi connectivity index (χ2v) is 15.9. The van der Waals surface area contributed by atoms with Gasteiger partial charge in [-0.05, 0) is 97.1 Å². The zero-order chi connectivity index (χ0) is 36.8. The summed E-state index contributed by atoms with van der Waals surface area (Å²) in [5.74, 6) is 0.874. The maximum Gasteiger partial charge on any atom is 0.242 e. The lowest BCUT2D eigenvalue weighted by atomic mass is 9.59. The van der Waals surface area contributed by atoms with E-state index in [0.717, 1.165) is 57.3 Å².